The van der Waals surface area contributed by atoms with Crippen molar-refractivity contribution in [2.24, 2.45) is 0 Å². The molecule has 2 N–H and O–H groups in total. The number of nitrogens with one attached hydrogen (secondary N) is 2. The monoisotopic (exact) mass is 348 g/mol. The Bertz CT molecular complexity index is 1140. The fourth-order valence-corrected chi connectivity index (χ4v) is 4.63. The van der Waals surface area contributed by atoms with Crippen molar-refractivity contribution < 1.29 is 0 Å². The van der Waals surface area contributed by atoms with Crippen LogP contribution in [0.2, 0.25) is 0 Å². The molecule has 0 fully saturated rings. The minimum absolute atomic E-state index is 0.850. The Balaban J connectivity index is 1.58. The first kappa shape index (κ1) is 13.7. The Labute approximate surface area is 145 Å². The molecule has 0 aliphatic heterocycles. The first-order chi connectivity index (χ1) is 11.9. The first-order valence-corrected chi connectivity index (χ1v) is 9.19. The summed E-state index contributed by atoms with van der Waals surface area (Å²) in [4.78, 5) is 14.6. The summed E-state index contributed by atoms with van der Waals surface area (Å²) in [6.07, 6.45) is 3.56. The summed E-state index contributed by atoms with van der Waals surface area (Å²) in [5.41, 5.74) is 3.13. The molecule has 5 aromatic rings. The molecule has 1 aromatic carbocycles. The van der Waals surface area contributed by atoms with Crippen molar-refractivity contribution in [2.45, 2.75) is 0 Å². The third-order valence-corrected chi connectivity index (χ3v) is 6.09. The molecule has 0 saturated carbocycles. The second kappa shape index (κ2) is 5.43. The summed E-state index contributed by atoms with van der Waals surface area (Å²) in [5.74, 6) is 0.850. The summed E-state index contributed by atoms with van der Waals surface area (Å²) in [6.45, 7) is 0. The van der Waals surface area contributed by atoms with Crippen molar-refractivity contribution in [1.29, 1.82) is 0 Å². The summed E-state index contributed by atoms with van der Waals surface area (Å²) in [5, 5.41) is 6.71. The largest absolute Gasteiger partial charge is 0.361 e. The molecule has 0 bridgehead atoms. The quantitative estimate of drug-likeness (QED) is 0.443. The standard InChI is InChI=1S/C18H12N4S2/c1-2-15(23-7-1)16-9-14-17(24-16)18(21-10-20-14)22-12-3-4-13-11(8-12)5-6-19-13/h1-10,19H,(H,20,21,22). The Morgan fingerprint density at radius 3 is 2.92 bits per heavy atom. The van der Waals surface area contributed by atoms with Gasteiger partial charge in [-0.15, -0.1) is 22.7 Å². The van der Waals surface area contributed by atoms with Gasteiger partial charge in [0.1, 0.15) is 6.33 Å². The molecule has 4 nitrogen and oxygen atoms in total. The molecule has 0 aliphatic rings. The highest BCUT2D eigenvalue weighted by molar-refractivity contribution is 7.26. The molecule has 5 rings (SSSR count). The van der Waals surface area contributed by atoms with Crippen molar-refractivity contribution in [2.75, 3.05) is 5.32 Å². The van der Waals surface area contributed by atoms with Crippen molar-refractivity contribution in [3.05, 3.63) is 60.4 Å². The van der Waals surface area contributed by atoms with Gasteiger partial charge in [0.15, 0.2) is 5.82 Å². The van der Waals surface area contributed by atoms with Crippen LogP contribution in [-0.2, 0) is 0 Å². The van der Waals surface area contributed by atoms with Crippen LogP contribution in [-0.4, -0.2) is 15.0 Å². The lowest BCUT2D eigenvalue weighted by molar-refractivity contribution is 1.23. The van der Waals surface area contributed by atoms with Crippen molar-refractivity contribution in [1.82, 2.24) is 15.0 Å². The van der Waals surface area contributed by atoms with Gasteiger partial charge < -0.3 is 10.3 Å². The first-order valence-electron chi connectivity index (χ1n) is 7.49. The van der Waals surface area contributed by atoms with E-state index in [1.807, 2.05) is 6.20 Å². The van der Waals surface area contributed by atoms with Crippen LogP contribution in [0.25, 0.3) is 30.9 Å². The fourth-order valence-electron chi connectivity index (χ4n) is 2.75. The van der Waals surface area contributed by atoms with E-state index in [-0.39, 0.29) is 0 Å². The van der Waals surface area contributed by atoms with E-state index in [2.05, 4.69) is 68.1 Å². The maximum absolute atomic E-state index is 4.45. The second-order valence-corrected chi connectivity index (χ2v) is 7.43. The number of aromatic amines is 1. The predicted octanol–water partition coefficient (Wildman–Crippen LogP) is 5.64. The van der Waals surface area contributed by atoms with Gasteiger partial charge in [0, 0.05) is 32.5 Å². The van der Waals surface area contributed by atoms with Crippen LogP contribution in [0, 0.1) is 0 Å². The zero-order valence-electron chi connectivity index (χ0n) is 12.5. The van der Waals surface area contributed by atoms with E-state index in [4.69, 9.17) is 0 Å². The van der Waals surface area contributed by atoms with Crippen molar-refractivity contribution in [3.8, 4) is 9.75 Å². The van der Waals surface area contributed by atoms with E-state index >= 15 is 0 Å². The lowest BCUT2D eigenvalue weighted by Crippen LogP contribution is -1.94. The van der Waals surface area contributed by atoms with E-state index in [0.29, 0.717) is 0 Å². The molecular weight excluding hydrogens is 336 g/mol. The predicted molar refractivity (Wildman–Crippen MR) is 102 cm³/mol. The van der Waals surface area contributed by atoms with Crippen LogP contribution in [0.3, 0.4) is 0 Å². The molecule has 4 heterocycles. The lowest BCUT2D eigenvalue weighted by Gasteiger charge is -2.06. The molecule has 0 radical (unpaired) electrons. The van der Waals surface area contributed by atoms with Gasteiger partial charge in [-0.3, -0.25) is 0 Å². The van der Waals surface area contributed by atoms with Crippen molar-refractivity contribution in [3.63, 3.8) is 0 Å². The van der Waals surface area contributed by atoms with Crippen LogP contribution in [0.4, 0.5) is 11.5 Å². The Kier molecular flexibility index (Phi) is 3.11. The molecule has 0 atom stereocenters. The van der Waals surface area contributed by atoms with E-state index in [0.717, 1.165) is 27.2 Å². The van der Waals surface area contributed by atoms with Gasteiger partial charge in [-0.05, 0) is 41.8 Å². The molecule has 0 saturated heterocycles. The molecular formula is C18H12N4S2. The molecule has 24 heavy (non-hydrogen) atoms. The zero-order chi connectivity index (χ0) is 15.9. The zero-order valence-corrected chi connectivity index (χ0v) is 14.1. The van der Waals surface area contributed by atoms with Gasteiger partial charge >= 0.3 is 0 Å². The van der Waals surface area contributed by atoms with E-state index < -0.39 is 0 Å². The minimum atomic E-state index is 0.850. The van der Waals surface area contributed by atoms with E-state index in [9.17, 15) is 0 Å². The highest BCUT2D eigenvalue weighted by Gasteiger charge is 2.11. The van der Waals surface area contributed by atoms with Gasteiger partial charge in [-0.2, -0.15) is 0 Å². The van der Waals surface area contributed by atoms with E-state index in [1.165, 1.54) is 15.1 Å². The maximum Gasteiger partial charge on any atom is 0.151 e. The van der Waals surface area contributed by atoms with Gasteiger partial charge in [0.25, 0.3) is 0 Å². The number of anilines is 2. The normalized spacial score (nSPS) is 11.3. The molecule has 0 amide bonds. The third kappa shape index (κ3) is 2.28. The number of hydrogen-bond acceptors (Lipinski definition) is 5. The molecule has 4 aromatic heterocycles. The highest BCUT2D eigenvalue weighted by Crippen LogP contribution is 2.38. The Morgan fingerprint density at radius 2 is 2.00 bits per heavy atom. The average Bonchev–Trinajstić information content (AvgIpc) is 3.34. The van der Waals surface area contributed by atoms with Gasteiger partial charge in [0.05, 0.1) is 10.2 Å². The Hall–Kier alpha value is -2.70. The van der Waals surface area contributed by atoms with Crippen molar-refractivity contribution >= 4 is 55.3 Å². The molecule has 116 valence electrons. The molecule has 6 heteroatoms. The number of benzene rings is 1. The summed E-state index contributed by atoms with van der Waals surface area (Å²) < 4.78 is 1.08. The number of nitrogens with zero attached hydrogens (tertiary/aromatic N) is 2. The number of aromatic nitrogens is 3. The van der Waals surface area contributed by atoms with Gasteiger partial charge in [-0.25, -0.2) is 9.97 Å². The number of hydrogen-bond donors (Lipinski definition) is 2. The van der Waals surface area contributed by atoms with E-state index in [1.54, 1.807) is 29.0 Å². The van der Waals surface area contributed by atoms with Crippen LogP contribution in [0.15, 0.2) is 60.4 Å². The third-order valence-electron chi connectivity index (χ3n) is 3.89. The molecule has 0 aliphatic carbocycles. The number of fused-ring (bicyclic) bond motifs is 2. The fraction of sp³-hybridized carbons (Fsp3) is 0. The molecule has 0 unspecified atom stereocenters. The average molecular weight is 348 g/mol. The van der Waals surface area contributed by atoms with Crippen LogP contribution < -0.4 is 5.32 Å². The second-order valence-electron chi connectivity index (χ2n) is 5.43. The number of rotatable bonds is 3. The van der Waals surface area contributed by atoms with Gasteiger partial charge in [0.2, 0.25) is 0 Å². The highest BCUT2D eigenvalue weighted by atomic mass is 32.1. The Morgan fingerprint density at radius 1 is 1.00 bits per heavy atom. The minimum Gasteiger partial charge on any atom is -0.361 e. The topological polar surface area (TPSA) is 53.6 Å². The molecule has 0 spiro atoms. The maximum atomic E-state index is 4.45. The van der Waals surface area contributed by atoms with Crippen LogP contribution >= 0.6 is 22.7 Å². The summed E-state index contributed by atoms with van der Waals surface area (Å²) >= 11 is 3.46. The number of thiophene rings is 2. The lowest BCUT2D eigenvalue weighted by atomic mass is 10.2. The van der Waals surface area contributed by atoms with Crippen LogP contribution in [0.5, 0.6) is 0 Å². The number of H-pyrrole nitrogens is 1. The van der Waals surface area contributed by atoms with Gasteiger partial charge in [-0.1, -0.05) is 6.07 Å². The summed E-state index contributed by atoms with van der Waals surface area (Å²) in [6, 6.07) is 14.6. The van der Waals surface area contributed by atoms with Crippen LogP contribution in [0.1, 0.15) is 0 Å². The summed E-state index contributed by atoms with van der Waals surface area (Å²) in [7, 11) is 0. The SMILES string of the molecule is c1csc(-c2cc3ncnc(Nc4ccc5[nH]ccc5c4)c3s2)c1. The smallest absolute Gasteiger partial charge is 0.151 e.